The van der Waals surface area contributed by atoms with E-state index in [2.05, 4.69) is 11.5 Å². The van der Waals surface area contributed by atoms with E-state index in [9.17, 15) is 0 Å². The molecule has 0 bridgehead atoms. The zero-order valence-corrected chi connectivity index (χ0v) is 3.73. The molecule has 0 aliphatic rings. The summed E-state index contributed by atoms with van der Waals surface area (Å²) in [5, 5.41) is 0. The van der Waals surface area contributed by atoms with Crippen LogP contribution in [0.3, 0.4) is 0 Å². The van der Waals surface area contributed by atoms with Crippen LogP contribution in [0.2, 0.25) is 0 Å². The van der Waals surface area contributed by atoms with Gasteiger partial charge in [-0.05, 0) is 0 Å². The second-order valence-corrected chi connectivity index (χ2v) is 0.236. The normalized spacial score (nSPS) is 4.50. The Hall–Kier alpha value is 0.582. The summed E-state index contributed by atoms with van der Waals surface area (Å²) in [7, 11) is 0. The molecule has 4 N–H and O–H groups in total. The molecule has 0 atom stereocenters. The Morgan fingerprint density at radius 2 is 1.25 bits per heavy atom. The molecular weight excluding hydrogens is 146 g/mol. The molecule has 0 radical (unpaired) electrons. The van der Waals surface area contributed by atoms with Gasteiger partial charge in [-0.25, -0.2) is 0 Å². The average molecular weight is 152 g/mol. The van der Waals surface area contributed by atoms with Gasteiger partial charge in [0.05, 0.1) is 0 Å². The second-order valence-electron chi connectivity index (χ2n) is 0.236. The number of rotatable bonds is 0. The Morgan fingerprint density at radius 1 is 1.25 bits per heavy atom. The van der Waals surface area contributed by atoms with Crippen LogP contribution in [0.5, 0.6) is 0 Å². The fraction of sp³-hybridized carbons (Fsp3) is 1.00. The van der Waals surface area contributed by atoms with E-state index in [1.165, 1.54) is 0 Å². The molecule has 0 saturated heterocycles. The Morgan fingerprint density at radius 3 is 1.25 bits per heavy atom. The number of hydrogen-bond donors (Lipinski definition) is 2. The molecule has 30 valence electrons. The van der Waals surface area contributed by atoms with E-state index in [1.807, 2.05) is 0 Å². The van der Waals surface area contributed by atoms with Crippen LogP contribution in [0, 0.1) is 0 Å². The van der Waals surface area contributed by atoms with E-state index in [4.69, 9.17) is 0 Å². The van der Waals surface area contributed by atoms with Crippen molar-refractivity contribution >= 4 is 0 Å². The first-order chi connectivity index (χ1) is 1.41. The predicted molar refractivity (Wildman–Crippen MR) is 13.2 cm³/mol. The third-order valence-corrected chi connectivity index (χ3v) is 0. The van der Waals surface area contributed by atoms with E-state index in [0.29, 0.717) is 0 Å². The first kappa shape index (κ1) is 8.82. The molecule has 0 aromatic rings. The van der Waals surface area contributed by atoms with Crippen LogP contribution in [0.25, 0.3) is 0 Å². The van der Waals surface area contributed by atoms with Gasteiger partial charge < -0.3 is 11.5 Å². The topological polar surface area (TPSA) is 52.0 Å². The Bertz CT molecular complexity index is 6.00. The van der Waals surface area contributed by atoms with E-state index >= 15 is 0 Å². The summed E-state index contributed by atoms with van der Waals surface area (Å²) in [6, 6.07) is 0. The van der Waals surface area contributed by atoms with Gasteiger partial charge in [0.2, 0.25) is 0 Å². The van der Waals surface area contributed by atoms with Gasteiger partial charge in [0, 0.05) is 27.1 Å². The van der Waals surface area contributed by atoms with Gasteiger partial charge in [-0.3, -0.25) is 0 Å². The Labute approximate surface area is 39.2 Å². The molecule has 0 unspecified atom stereocenters. The van der Waals surface area contributed by atoms with Gasteiger partial charge in [-0.15, -0.1) is 0 Å². The van der Waals surface area contributed by atoms with Gasteiger partial charge in [-0.1, -0.05) is 0 Å². The summed E-state index contributed by atoms with van der Waals surface area (Å²) in [5.41, 5.74) is 9.25. The molecule has 2 nitrogen and oxygen atoms in total. The van der Waals surface area contributed by atoms with Crippen molar-refractivity contribution in [3.05, 3.63) is 0 Å². The maximum atomic E-state index is 4.62. The van der Waals surface area contributed by atoms with Gasteiger partial charge in [0.15, 0.2) is 0 Å². The minimum Gasteiger partial charge on any atom is -0.319 e. The zero-order valence-electron chi connectivity index (χ0n) is 2.18. The van der Waals surface area contributed by atoms with Crippen molar-refractivity contribution in [3.63, 3.8) is 0 Å². The van der Waals surface area contributed by atoms with Crippen molar-refractivity contribution in [2.24, 2.45) is 11.5 Å². The van der Waals surface area contributed by atoms with Crippen LogP contribution in [0.1, 0.15) is 0 Å². The van der Waals surface area contributed by atoms with E-state index in [0.717, 1.165) is 0 Å². The SMILES string of the molecule is NCN.[Pd]. The largest absolute Gasteiger partial charge is 0.319 e. The molecule has 0 aliphatic heterocycles. The fourth-order valence-electron chi connectivity index (χ4n) is 0. The smallest absolute Gasteiger partial charge is 0.0403 e. The molecule has 0 aliphatic carbocycles. The molecule has 0 saturated carbocycles. The van der Waals surface area contributed by atoms with Gasteiger partial charge >= 0.3 is 0 Å². The van der Waals surface area contributed by atoms with Crippen molar-refractivity contribution < 1.29 is 20.4 Å². The van der Waals surface area contributed by atoms with Crippen LogP contribution in [0.4, 0.5) is 0 Å². The van der Waals surface area contributed by atoms with E-state index in [-0.39, 0.29) is 27.1 Å². The summed E-state index contributed by atoms with van der Waals surface area (Å²) in [4.78, 5) is 0. The minimum absolute atomic E-state index is 0. The van der Waals surface area contributed by atoms with Crippen molar-refractivity contribution in [3.8, 4) is 0 Å². The fourth-order valence-corrected chi connectivity index (χ4v) is 0. The maximum absolute atomic E-state index is 4.62. The molecule has 0 aromatic heterocycles. The molecule has 3 heteroatoms. The average Bonchev–Trinajstić information content (AvgIpc) is 0.918. The van der Waals surface area contributed by atoms with Crippen molar-refractivity contribution in [2.45, 2.75) is 0 Å². The summed E-state index contributed by atoms with van der Waals surface area (Å²) in [6.07, 6.45) is 0. The maximum Gasteiger partial charge on any atom is 0.0403 e. The van der Waals surface area contributed by atoms with Crippen LogP contribution in [0.15, 0.2) is 0 Å². The minimum atomic E-state index is 0. The Kier molecular flexibility index (Phi) is 21.0. The zero-order chi connectivity index (χ0) is 2.71. The molecule has 0 rings (SSSR count). The number of nitrogens with two attached hydrogens (primary N) is 2. The third kappa shape index (κ3) is 19.1. The molecule has 0 fully saturated rings. The van der Waals surface area contributed by atoms with Gasteiger partial charge in [0.25, 0.3) is 0 Å². The quantitative estimate of drug-likeness (QED) is 0.341. The van der Waals surface area contributed by atoms with Gasteiger partial charge in [0.1, 0.15) is 0 Å². The molecule has 0 heterocycles. The van der Waals surface area contributed by atoms with Crippen LogP contribution in [-0.2, 0) is 20.4 Å². The van der Waals surface area contributed by atoms with Crippen molar-refractivity contribution in [1.29, 1.82) is 0 Å². The Balaban J connectivity index is 0. The van der Waals surface area contributed by atoms with Crippen LogP contribution in [-0.4, -0.2) is 6.67 Å². The van der Waals surface area contributed by atoms with Crippen LogP contribution >= 0.6 is 0 Å². The van der Waals surface area contributed by atoms with Crippen molar-refractivity contribution in [2.75, 3.05) is 6.67 Å². The van der Waals surface area contributed by atoms with E-state index < -0.39 is 0 Å². The summed E-state index contributed by atoms with van der Waals surface area (Å²) >= 11 is 0. The van der Waals surface area contributed by atoms with Gasteiger partial charge in [-0.2, -0.15) is 0 Å². The van der Waals surface area contributed by atoms with Crippen LogP contribution < -0.4 is 11.5 Å². The third-order valence-electron chi connectivity index (χ3n) is 0. The first-order valence-corrected chi connectivity index (χ1v) is 0.816. The standard InChI is InChI=1S/CH6N2.Pd/c2-1-3;/h1-3H2;. The molecule has 0 aromatic carbocycles. The molecule has 0 amide bonds. The van der Waals surface area contributed by atoms with E-state index in [1.54, 1.807) is 0 Å². The first-order valence-electron chi connectivity index (χ1n) is 0.816. The molecule has 0 spiro atoms. The second kappa shape index (κ2) is 9.54. The predicted octanol–water partition coefficient (Wildman–Crippen LogP) is -1.14. The van der Waals surface area contributed by atoms with Crippen molar-refractivity contribution in [1.82, 2.24) is 0 Å². The monoisotopic (exact) mass is 152 g/mol. The molecule has 4 heavy (non-hydrogen) atoms. The summed E-state index contributed by atoms with van der Waals surface area (Å²) in [6.45, 7) is 0.250. The molecular formula is CH6N2Pd. The number of hydrogen-bond acceptors (Lipinski definition) is 2. The summed E-state index contributed by atoms with van der Waals surface area (Å²) in [5.74, 6) is 0. The summed E-state index contributed by atoms with van der Waals surface area (Å²) < 4.78 is 0.